The highest BCUT2D eigenvalue weighted by atomic mass is 16.5. The number of aromatic nitrogens is 1. The molecule has 1 saturated heterocycles. The minimum atomic E-state index is -0.774. The maximum absolute atomic E-state index is 13.1. The number of carbonyl (C=O) groups is 3. The van der Waals surface area contributed by atoms with Crippen molar-refractivity contribution in [1.82, 2.24) is 14.8 Å². The van der Waals surface area contributed by atoms with Gasteiger partial charge < -0.3 is 13.7 Å². The van der Waals surface area contributed by atoms with Crippen LogP contribution in [0.5, 0.6) is 5.75 Å². The molecule has 1 aliphatic rings. The third kappa shape index (κ3) is 4.53. The molecule has 8 heteroatoms. The monoisotopic (exact) mass is 483 g/mol. The average molecular weight is 484 g/mol. The molecular weight excluding hydrogens is 458 g/mol. The minimum Gasteiger partial charge on any atom is -0.491 e. The number of hydrogen-bond acceptors (Lipinski definition) is 5. The molecule has 8 nitrogen and oxygen atoms in total. The van der Waals surface area contributed by atoms with Gasteiger partial charge in [0, 0.05) is 22.7 Å². The van der Waals surface area contributed by atoms with Crippen LogP contribution in [0.3, 0.4) is 0 Å². The highest BCUT2D eigenvalue weighted by Crippen LogP contribution is 2.26. The van der Waals surface area contributed by atoms with Crippen LogP contribution in [-0.4, -0.2) is 33.9 Å². The summed E-state index contributed by atoms with van der Waals surface area (Å²) < 4.78 is 13.3. The molecule has 5 rings (SSSR count). The van der Waals surface area contributed by atoms with E-state index in [9.17, 15) is 14.4 Å². The summed E-state index contributed by atoms with van der Waals surface area (Å²) in [7, 11) is 0. The lowest BCUT2D eigenvalue weighted by Crippen LogP contribution is -2.53. The van der Waals surface area contributed by atoms with Crippen molar-refractivity contribution in [3.8, 4) is 5.75 Å². The molecule has 0 radical (unpaired) electrons. The predicted octanol–water partition coefficient (Wildman–Crippen LogP) is 4.59. The number of para-hydroxylation sites is 1. The van der Waals surface area contributed by atoms with Crippen molar-refractivity contribution in [1.29, 1.82) is 0 Å². The second kappa shape index (κ2) is 9.58. The van der Waals surface area contributed by atoms with Gasteiger partial charge in [0.1, 0.15) is 23.7 Å². The third-order valence-electron chi connectivity index (χ3n) is 6.13. The van der Waals surface area contributed by atoms with Gasteiger partial charge in [-0.1, -0.05) is 30.3 Å². The van der Waals surface area contributed by atoms with Gasteiger partial charge in [0.05, 0.1) is 19.4 Å². The lowest BCUT2D eigenvalue weighted by Gasteiger charge is -2.25. The molecular formula is C28H25N3O5. The molecule has 0 spiro atoms. The summed E-state index contributed by atoms with van der Waals surface area (Å²) in [6.07, 6.45) is 4.88. The van der Waals surface area contributed by atoms with E-state index in [0.717, 1.165) is 32.7 Å². The number of nitrogens with one attached hydrogen (secondary N) is 1. The smallest absolute Gasteiger partial charge is 0.331 e. The maximum atomic E-state index is 13.1. The summed E-state index contributed by atoms with van der Waals surface area (Å²) in [5, 5.41) is 3.13. The molecule has 0 atom stereocenters. The molecule has 4 aromatic rings. The first-order valence-corrected chi connectivity index (χ1v) is 11.6. The number of urea groups is 1. The second-order valence-corrected chi connectivity index (χ2v) is 8.70. The summed E-state index contributed by atoms with van der Waals surface area (Å²) in [4.78, 5) is 39.0. The lowest BCUT2D eigenvalue weighted by atomic mass is 10.1. The van der Waals surface area contributed by atoms with Gasteiger partial charge in [0.15, 0.2) is 0 Å². The van der Waals surface area contributed by atoms with E-state index >= 15 is 0 Å². The number of barbiturate groups is 1. The number of benzene rings is 2. The van der Waals surface area contributed by atoms with Crippen molar-refractivity contribution in [2.75, 3.05) is 6.61 Å². The van der Waals surface area contributed by atoms with E-state index in [1.807, 2.05) is 67.1 Å². The zero-order valence-electron chi connectivity index (χ0n) is 20.0. The van der Waals surface area contributed by atoms with Crippen LogP contribution in [0, 0.1) is 13.8 Å². The number of rotatable bonds is 7. The maximum Gasteiger partial charge on any atom is 0.331 e. The average Bonchev–Trinajstić information content (AvgIpc) is 3.50. The quantitative estimate of drug-likeness (QED) is 0.307. The van der Waals surface area contributed by atoms with Gasteiger partial charge in [-0.3, -0.25) is 19.8 Å². The first-order valence-electron chi connectivity index (χ1n) is 11.6. The van der Waals surface area contributed by atoms with E-state index < -0.39 is 17.8 Å². The second-order valence-electron chi connectivity index (χ2n) is 8.70. The van der Waals surface area contributed by atoms with Crippen molar-refractivity contribution in [3.05, 3.63) is 95.1 Å². The Balaban J connectivity index is 1.42. The van der Waals surface area contributed by atoms with Crippen LogP contribution >= 0.6 is 0 Å². The molecule has 4 amide bonds. The minimum absolute atomic E-state index is 0.0697. The zero-order chi connectivity index (χ0) is 25.2. The van der Waals surface area contributed by atoms with Crippen LogP contribution in [0.2, 0.25) is 0 Å². The summed E-state index contributed by atoms with van der Waals surface area (Å²) in [6, 6.07) is 16.4. The van der Waals surface area contributed by atoms with E-state index in [1.54, 1.807) is 12.1 Å². The van der Waals surface area contributed by atoms with Gasteiger partial charge in [-0.25, -0.2) is 4.79 Å². The fourth-order valence-corrected chi connectivity index (χ4v) is 4.24. The van der Waals surface area contributed by atoms with Gasteiger partial charge in [-0.2, -0.15) is 0 Å². The van der Waals surface area contributed by atoms with Crippen LogP contribution in [0.15, 0.2) is 77.0 Å². The SMILES string of the molecule is Cc1ccc(C)c(OCCn2cc(C=C3C(=O)NC(=O)N(Cc4ccco4)C3=O)c3ccccc32)c1. The first kappa shape index (κ1) is 23.2. The highest BCUT2D eigenvalue weighted by Gasteiger charge is 2.36. The highest BCUT2D eigenvalue weighted by molar-refractivity contribution is 6.31. The molecule has 1 fully saturated rings. The van der Waals surface area contributed by atoms with Gasteiger partial charge >= 0.3 is 6.03 Å². The number of carbonyl (C=O) groups excluding carboxylic acids is 3. The first-order chi connectivity index (χ1) is 17.4. The number of ether oxygens (including phenoxy) is 1. The van der Waals surface area contributed by atoms with E-state index in [1.165, 1.54) is 12.3 Å². The molecule has 0 unspecified atom stereocenters. The summed E-state index contributed by atoms with van der Waals surface area (Å²) in [5.74, 6) is -0.113. The van der Waals surface area contributed by atoms with Gasteiger partial charge in [-0.15, -0.1) is 0 Å². The molecule has 36 heavy (non-hydrogen) atoms. The Morgan fingerprint density at radius 2 is 1.86 bits per heavy atom. The number of hydrogen-bond donors (Lipinski definition) is 1. The Bertz CT molecular complexity index is 1500. The zero-order valence-corrected chi connectivity index (χ0v) is 20.0. The Morgan fingerprint density at radius 3 is 2.67 bits per heavy atom. The van der Waals surface area contributed by atoms with Crippen molar-refractivity contribution in [2.24, 2.45) is 0 Å². The standard InChI is InChI=1S/C28H25N3O5/c1-18-9-10-19(2)25(14-18)36-13-11-30-16-20(22-7-3-4-8-24(22)30)15-23-26(32)29-28(34)31(27(23)33)17-21-6-5-12-35-21/h3-10,12,14-16H,11,13,17H2,1-2H3,(H,29,32,34). The van der Waals surface area contributed by atoms with Gasteiger partial charge in [0.2, 0.25) is 0 Å². The molecule has 182 valence electrons. The molecule has 1 aliphatic heterocycles. The molecule has 2 aromatic heterocycles. The van der Waals surface area contributed by atoms with Crippen LogP contribution in [0.4, 0.5) is 4.79 Å². The van der Waals surface area contributed by atoms with Crippen LogP contribution in [0.1, 0.15) is 22.5 Å². The Hall–Kier alpha value is -4.59. The number of nitrogens with zero attached hydrogens (tertiary/aromatic N) is 2. The van der Waals surface area contributed by atoms with Gasteiger partial charge in [0.25, 0.3) is 11.8 Å². The van der Waals surface area contributed by atoms with Gasteiger partial charge in [-0.05, 0) is 55.3 Å². The van der Waals surface area contributed by atoms with Crippen LogP contribution in [0.25, 0.3) is 17.0 Å². The molecule has 1 N–H and O–H groups in total. The van der Waals surface area contributed by atoms with Crippen molar-refractivity contribution >= 4 is 34.8 Å². The van der Waals surface area contributed by atoms with Crippen molar-refractivity contribution in [3.63, 3.8) is 0 Å². The fourth-order valence-electron chi connectivity index (χ4n) is 4.24. The number of aryl methyl sites for hydroxylation is 2. The van der Waals surface area contributed by atoms with Crippen LogP contribution in [-0.2, 0) is 22.7 Å². The Morgan fingerprint density at radius 1 is 1.03 bits per heavy atom. The topological polar surface area (TPSA) is 93.8 Å². The summed E-state index contributed by atoms with van der Waals surface area (Å²) in [6.45, 7) is 4.98. The lowest BCUT2D eigenvalue weighted by molar-refractivity contribution is -0.130. The van der Waals surface area contributed by atoms with Crippen molar-refractivity contribution < 1.29 is 23.5 Å². The third-order valence-corrected chi connectivity index (χ3v) is 6.13. The molecule has 0 bridgehead atoms. The molecule has 0 saturated carbocycles. The van der Waals surface area contributed by atoms with E-state index in [0.29, 0.717) is 24.5 Å². The normalized spacial score (nSPS) is 15.1. The molecule has 0 aliphatic carbocycles. The summed E-state index contributed by atoms with van der Waals surface area (Å²) in [5.41, 5.74) is 3.73. The van der Waals surface area contributed by atoms with Crippen molar-refractivity contribution in [2.45, 2.75) is 26.9 Å². The Kier molecular flexibility index (Phi) is 6.16. The Labute approximate surface area is 207 Å². The molecule has 2 aromatic carbocycles. The number of amides is 4. The number of imide groups is 2. The largest absolute Gasteiger partial charge is 0.491 e. The number of fused-ring (bicyclic) bond motifs is 1. The van der Waals surface area contributed by atoms with E-state index in [4.69, 9.17) is 9.15 Å². The van der Waals surface area contributed by atoms with E-state index in [-0.39, 0.29) is 12.1 Å². The number of furan rings is 1. The van der Waals surface area contributed by atoms with Crippen LogP contribution < -0.4 is 10.1 Å². The van der Waals surface area contributed by atoms with E-state index in [2.05, 4.69) is 5.32 Å². The predicted molar refractivity (Wildman–Crippen MR) is 134 cm³/mol. The molecule has 3 heterocycles. The fraction of sp³-hybridized carbons (Fsp3) is 0.179. The summed E-state index contributed by atoms with van der Waals surface area (Å²) >= 11 is 0.